The van der Waals surface area contributed by atoms with Gasteiger partial charge in [0.15, 0.2) is 0 Å². The molecule has 4 amide bonds. The fourth-order valence-corrected chi connectivity index (χ4v) is 1.97. The van der Waals surface area contributed by atoms with Crippen LogP contribution in [0.1, 0.15) is 18.9 Å². The summed E-state index contributed by atoms with van der Waals surface area (Å²) in [7, 11) is 0. The van der Waals surface area contributed by atoms with Crippen molar-refractivity contribution < 1.29 is 19.5 Å². The lowest BCUT2D eigenvalue weighted by Gasteiger charge is -2.29. The van der Waals surface area contributed by atoms with Crippen LogP contribution in [-0.4, -0.2) is 23.0 Å². The molecule has 100 valence electrons. The van der Waals surface area contributed by atoms with Crippen molar-refractivity contribution in [3.05, 3.63) is 29.8 Å². The number of benzene rings is 1. The highest BCUT2D eigenvalue weighted by molar-refractivity contribution is 6.27. The van der Waals surface area contributed by atoms with E-state index in [0.717, 1.165) is 4.90 Å². The molecule has 1 aromatic rings. The van der Waals surface area contributed by atoms with E-state index in [2.05, 4.69) is 5.32 Å². The second kappa shape index (κ2) is 5.19. The van der Waals surface area contributed by atoms with Crippen LogP contribution >= 0.6 is 0 Å². The molecule has 19 heavy (non-hydrogen) atoms. The zero-order valence-electron chi connectivity index (χ0n) is 10.4. The zero-order chi connectivity index (χ0) is 14.0. The molecular formula is C13H14N2O4. The number of rotatable bonds is 3. The molecule has 0 aromatic heterocycles. The summed E-state index contributed by atoms with van der Waals surface area (Å²) in [4.78, 5) is 36.3. The third-order valence-corrected chi connectivity index (χ3v) is 3.05. The normalized spacial score (nSPS) is 19.6. The van der Waals surface area contributed by atoms with Gasteiger partial charge in [-0.2, -0.15) is 0 Å². The SMILES string of the molecule is CCC1C(=O)NC(=O)N(c2ccc(CO)cc2)C1=O. The molecule has 2 N–H and O–H groups in total. The Hall–Kier alpha value is -2.21. The molecule has 1 aliphatic rings. The number of carbonyl (C=O) groups excluding carboxylic acids is 3. The van der Waals surface area contributed by atoms with Crippen molar-refractivity contribution >= 4 is 23.5 Å². The standard InChI is InChI=1S/C13H14N2O4/c1-2-10-11(17)14-13(19)15(12(10)18)9-5-3-8(7-16)4-6-9/h3-6,10,16H,2,7H2,1H3,(H,14,17,19). The van der Waals surface area contributed by atoms with Crippen LogP contribution in [0.2, 0.25) is 0 Å². The van der Waals surface area contributed by atoms with Crippen LogP contribution in [0.5, 0.6) is 0 Å². The van der Waals surface area contributed by atoms with Crippen LogP contribution < -0.4 is 10.2 Å². The van der Waals surface area contributed by atoms with Gasteiger partial charge in [0.25, 0.3) is 0 Å². The van der Waals surface area contributed by atoms with Crippen LogP contribution in [0, 0.1) is 5.92 Å². The molecule has 6 nitrogen and oxygen atoms in total. The van der Waals surface area contributed by atoms with E-state index < -0.39 is 23.8 Å². The van der Waals surface area contributed by atoms with Gasteiger partial charge >= 0.3 is 6.03 Å². The Morgan fingerprint density at radius 2 is 1.84 bits per heavy atom. The monoisotopic (exact) mass is 262 g/mol. The number of carbonyl (C=O) groups is 3. The second-order valence-electron chi connectivity index (χ2n) is 4.25. The van der Waals surface area contributed by atoms with E-state index in [-0.39, 0.29) is 6.61 Å². The van der Waals surface area contributed by atoms with Crippen molar-refractivity contribution in [3.8, 4) is 0 Å². The van der Waals surface area contributed by atoms with Gasteiger partial charge in [0, 0.05) is 0 Å². The van der Waals surface area contributed by atoms with Gasteiger partial charge in [0.05, 0.1) is 12.3 Å². The third-order valence-electron chi connectivity index (χ3n) is 3.05. The molecule has 0 saturated carbocycles. The lowest BCUT2D eigenvalue weighted by atomic mass is 10.0. The molecule has 6 heteroatoms. The fraction of sp³-hybridized carbons (Fsp3) is 0.308. The molecule has 1 aromatic carbocycles. The maximum absolute atomic E-state index is 12.1. The second-order valence-corrected chi connectivity index (χ2v) is 4.25. The first-order chi connectivity index (χ1) is 9.08. The molecule has 0 aliphatic carbocycles. The predicted molar refractivity (Wildman–Crippen MR) is 67.2 cm³/mol. The summed E-state index contributed by atoms with van der Waals surface area (Å²) in [5.74, 6) is -1.91. The number of aliphatic hydroxyl groups is 1. The number of barbiturate groups is 1. The van der Waals surface area contributed by atoms with Crippen LogP contribution in [0.4, 0.5) is 10.5 Å². The Morgan fingerprint density at radius 1 is 1.21 bits per heavy atom. The summed E-state index contributed by atoms with van der Waals surface area (Å²) in [6.07, 6.45) is 0.336. The summed E-state index contributed by atoms with van der Waals surface area (Å²) in [6, 6.07) is 5.62. The van der Waals surface area contributed by atoms with Crippen LogP contribution in [0.25, 0.3) is 0 Å². The van der Waals surface area contributed by atoms with Gasteiger partial charge in [0.2, 0.25) is 11.8 Å². The topological polar surface area (TPSA) is 86.7 Å². The Morgan fingerprint density at radius 3 is 2.37 bits per heavy atom. The molecule has 1 aliphatic heterocycles. The Balaban J connectivity index is 2.33. The van der Waals surface area contributed by atoms with Crippen molar-refractivity contribution in [2.45, 2.75) is 20.0 Å². The first kappa shape index (κ1) is 13.2. The van der Waals surface area contributed by atoms with Gasteiger partial charge in [-0.1, -0.05) is 19.1 Å². The van der Waals surface area contributed by atoms with Crippen molar-refractivity contribution in [3.63, 3.8) is 0 Å². The minimum absolute atomic E-state index is 0.115. The smallest absolute Gasteiger partial charge is 0.335 e. The highest BCUT2D eigenvalue weighted by Crippen LogP contribution is 2.22. The maximum atomic E-state index is 12.1. The Bertz CT molecular complexity index is 524. The fourth-order valence-electron chi connectivity index (χ4n) is 1.97. The van der Waals surface area contributed by atoms with Gasteiger partial charge in [0.1, 0.15) is 5.92 Å². The summed E-state index contributed by atoms with van der Waals surface area (Å²) in [5, 5.41) is 11.1. The Kier molecular flexibility index (Phi) is 3.62. The van der Waals surface area contributed by atoms with E-state index in [1.807, 2.05) is 0 Å². The summed E-state index contributed by atoms with van der Waals surface area (Å²) >= 11 is 0. The molecule has 1 saturated heterocycles. The van der Waals surface area contributed by atoms with Crippen LogP contribution in [0.15, 0.2) is 24.3 Å². The number of urea groups is 1. The highest BCUT2D eigenvalue weighted by atomic mass is 16.3. The van der Waals surface area contributed by atoms with Crippen LogP contribution in [0.3, 0.4) is 0 Å². The van der Waals surface area contributed by atoms with Gasteiger partial charge in [-0.3, -0.25) is 14.9 Å². The number of aliphatic hydroxyl groups excluding tert-OH is 1. The number of hydrogen-bond acceptors (Lipinski definition) is 4. The van der Waals surface area contributed by atoms with Crippen molar-refractivity contribution in [2.75, 3.05) is 4.90 Å². The van der Waals surface area contributed by atoms with Gasteiger partial charge in [-0.05, 0) is 24.1 Å². The van der Waals surface area contributed by atoms with E-state index in [4.69, 9.17) is 5.11 Å². The molecule has 0 spiro atoms. The Labute approximate surface area is 110 Å². The number of nitrogens with zero attached hydrogens (tertiary/aromatic N) is 1. The number of imide groups is 2. The average molecular weight is 262 g/mol. The van der Waals surface area contributed by atoms with Gasteiger partial charge in [-0.15, -0.1) is 0 Å². The van der Waals surface area contributed by atoms with Crippen molar-refractivity contribution in [2.24, 2.45) is 5.92 Å². The first-order valence-corrected chi connectivity index (χ1v) is 5.97. The van der Waals surface area contributed by atoms with Crippen molar-refractivity contribution in [1.82, 2.24) is 5.32 Å². The highest BCUT2D eigenvalue weighted by Gasteiger charge is 2.39. The molecule has 1 fully saturated rings. The molecule has 1 atom stereocenters. The molecule has 1 heterocycles. The summed E-state index contributed by atoms with van der Waals surface area (Å²) in [5.41, 5.74) is 1.06. The minimum atomic E-state index is -0.838. The lowest BCUT2D eigenvalue weighted by molar-refractivity contribution is -0.134. The van der Waals surface area contributed by atoms with E-state index in [0.29, 0.717) is 17.7 Å². The number of nitrogens with one attached hydrogen (secondary N) is 1. The average Bonchev–Trinajstić information content (AvgIpc) is 2.39. The quantitative estimate of drug-likeness (QED) is 0.788. The first-order valence-electron chi connectivity index (χ1n) is 5.97. The van der Waals surface area contributed by atoms with Crippen LogP contribution in [-0.2, 0) is 16.2 Å². The summed E-state index contributed by atoms with van der Waals surface area (Å²) < 4.78 is 0. The molecule has 0 radical (unpaired) electrons. The third kappa shape index (κ3) is 2.34. The summed E-state index contributed by atoms with van der Waals surface area (Å²) in [6.45, 7) is 1.60. The van der Waals surface area contributed by atoms with Gasteiger partial charge in [-0.25, -0.2) is 9.69 Å². The minimum Gasteiger partial charge on any atom is -0.392 e. The van der Waals surface area contributed by atoms with E-state index in [9.17, 15) is 14.4 Å². The van der Waals surface area contributed by atoms with Crippen molar-refractivity contribution in [1.29, 1.82) is 0 Å². The molecular weight excluding hydrogens is 248 g/mol. The predicted octanol–water partition coefficient (Wildman–Crippen LogP) is 0.788. The molecule has 2 rings (SSSR count). The molecule has 0 bridgehead atoms. The number of hydrogen-bond donors (Lipinski definition) is 2. The lowest BCUT2D eigenvalue weighted by Crippen LogP contribution is -2.58. The largest absolute Gasteiger partial charge is 0.392 e. The zero-order valence-corrected chi connectivity index (χ0v) is 10.4. The number of anilines is 1. The van der Waals surface area contributed by atoms with E-state index >= 15 is 0 Å². The van der Waals surface area contributed by atoms with E-state index in [1.165, 1.54) is 0 Å². The van der Waals surface area contributed by atoms with E-state index in [1.54, 1.807) is 31.2 Å². The number of amides is 4. The van der Waals surface area contributed by atoms with Gasteiger partial charge < -0.3 is 5.11 Å². The molecule has 1 unspecified atom stereocenters. The maximum Gasteiger partial charge on any atom is 0.335 e.